The minimum atomic E-state index is -2.36. The van der Waals surface area contributed by atoms with Gasteiger partial charge in [-0.2, -0.15) is 15.8 Å². The van der Waals surface area contributed by atoms with Crippen LogP contribution in [0.15, 0.2) is 47.7 Å². The highest BCUT2D eigenvalue weighted by molar-refractivity contribution is 6.01. The normalized spacial score (nSPS) is 20.0. The van der Waals surface area contributed by atoms with E-state index in [1.807, 2.05) is 6.07 Å². The Labute approximate surface area is 161 Å². The molecule has 28 heavy (non-hydrogen) atoms. The Balaban J connectivity index is 3.06. The minimum absolute atomic E-state index is 0.0965. The second-order valence-corrected chi connectivity index (χ2v) is 5.99. The Morgan fingerprint density at radius 3 is 2.14 bits per heavy atom. The van der Waals surface area contributed by atoms with E-state index in [0.29, 0.717) is 5.56 Å². The number of nitrogens with two attached hydrogens (primary N) is 1. The molecule has 0 amide bonds. The summed E-state index contributed by atoms with van der Waals surface area (Å²) < 4.78 is 9.63. The lowest BCUT2D eigenvalue weighted by Gasteiger charge is -2.43. The third-order valence-corrected chi connectivity index (χ3v) is 4.79. The highest BCUT2D eigenvalue weighted by atomic mass is 16.5. The molecule has 0 aliphatic heterocycles. The summed E-state index contributed by atoms with van der Waals surface area (Å²) in [4.78, 5) is 25.3. The number of carbonyl (C=O) groups excluding carboxylic acids is 2. The number of rotatable bonds is 4. The number of esters is 2. The lowest BCUT2D eigenvalue weighted by Crippen LogP contribution is -2.53. The molecule has 0 heterocycles. The van der Waals surface area contributed by atoms with Crippen LogP contribution in [0.4, 0.5) is 0 Å². The molecular weight excluding hydrogens is 360 g/mol. The molecule has 1 aliphatic carbocycles. The van der Waals surface area contributed by atoms with Gasteiger partial charge in [-0.1, -0.05) is 30.3 Å². The van der Waals surface area contributed by atoms with Gasteiger partial charge in [-0.15, -0.1) is 0 Å². The van der Waals surface area contributed by atoms with Gasteiger partial charge in [0.05, 0.1) is 44.0 Å². The zero-order valence-electron chi connectivity index (χ0n) is 15.2. The van der Waals surface area contributed by atoms with Gasteiger partial charge in [0.1, 0.15) is 11.5 Å². The van der Waals surface area contributed by atoms with Gasteiger partial charge in [-0.05, 0) is 17.2 Å². The summed E-state index contributed by atoms with van der Waals surface area (Å²) >= 11 is 0. The highest BCUT2D eigenvalue weighted by Crippen LogP contribution is 2.58. The molecule has 2 N–H and O–H groups in total. The number of methoxy groups -OCH3 is 2. The molecule has 1 aromatic carbocycles. The maximum atomic E-state index is 13.1. The maximum absolute atomic E-state index is 13.1. The molecule has 0 fully saturated rings. The topological polar surface area (TPSA) is 150 Å². The number of carbonyl (C=O) groups is 2. The van der Waals surface area contributed by atoms with Crippen LogP contribution in [-0.2, 0) is 19.1 Å². The van der Waals surface area contributed by atoms with E-state index >= 15 is 0 Å². The third-order valence-electron chi connectivity index (χ3n) is 4.79. The molecule has 8 heteroatoms. The molecule has 0 saturated carbocycles. The van der Waals surface area contributed by atoms with E-state index in [9.17, 15) is 25.4 Å². The first kappa shape index (κ1) is 20.2. The third kappa shape index (κ3) is 2.67. The molecule has 0 bridgehead atoms. The fourth-order valence-electron chi connectivity index (χ4n) is 3.38. The first-order chi connectivity index (χ1) is 13.4. The molecule has 0 spiro atoms. The molecule has 2 rings (SSSR count). The standard InChI is InChI=1S/C20H16N4O4/c1-27-16(25)9-20(18(26)28-2)15(13-6-4-3-5-7-13)8-14(10-21)17(24)19(20,11-22)12-23/h3-8H,9,24H2,1-2H3. The predicted octanol–water partition coefficient (Wildman–Crippen LogP) is 1.58. The van der Waals surface area contributed by atoms with Gasteiger partial charge in [0.15, 0.2) is 0 Å². The Kier molecular flexibility index (Phi) is 5.53. The van der Waals surface area contributed by atoms with Crippen LogP contribution in [0.25, 0.3) is 5.57 Å². The molecule has 140 valence electrons. The van der Waals surface area contributed by atoms with E-state index < -0.39 is 34.9 Å². The van der Waals surface area contributed by atoms with Crippen molar-refractivity contribution in [3.05, 3.63) is 53.2 Å². The van der Waals surface area contributed by atoms with Crippen molar-refractivity contribution in [2.75, 3.05) is 14.2 Å². The molecule has 0 saturated heterocycles. The Morgan fingerprint density at radius 2 is 1.68 bits per heavy atom. The zero-order chi connectivity index (χ0) is 20.9. The predicted molar refractivity (Wildman–Crippen MR) is 96.0 cm³/mol. The SMILES string of the molecule is COC(=O)CC1(C(=O)OC)C(c2ccccc2)=CC(C#N)=C(N)C1(C#N)C#N. The van der Waals surface area contributed by atoms with E-state index in [1.54, 1.807) is 42.5 Å². The number of nitriles is 3. The Bertz CT molecular complexity index is 991. The van der Waals surface area contributed by atoms with Crippen molar-refractivity contribution in [3.8, 4) is 18.2 Å². The summed E-state index contributed by atoms with van der Waals surface area (Å²) in [6, 6.07) is 13.7. The lowest BCUT2D eigenvalue weighted by molar-refractivity contribution is -0.159. The molecule has 8 nitrogen and oxygen atoms in total. The fraction of sp³-hybridized carbons (Fsp3) is 0.250. The average Bonchev–Trinajstić information content (AvgIpc) is 2.74. The van der Waals surface area contributed by atoms with E-state index in [2.05, 4.69) is 0 Å². The van der Waals surface area contributed by atoms with Gasteiger partial charge in [-0.3, -0.25) is 9.59 Å². The van der Waals surface area contributed by atoms with Crippen LogP contribution < -0.4 is 5.73 Å². The van der Waals surface area contributed by atoms with Crippen molar-refractivity contribution >= 4 is 17.5 Å². The van der Waals surface area contributed by atoms with Crippen LogP contribution in [-0.4, -0.2) is 26.2 Å². The molecule has 1 atom stereocenters. The average molecular weight is 376 g/mol. The van der Waals surface area contributed by atoms with Crippen LogP contribution in [0.3, 0.4) is 0 Å². The Morgan fingerprint density at radius 1 is 1.07 bits per heavy atom. The molecule has 1 aromatic rings. The first-order valence-corrected chi connectivity index (χ1v) is 8.04. The summed E-state index contributed by atoms with van der Waals surface area (Å²) in [7, 11) is 2.19. The summed E-state index contributed by atoms with van der Waals surface area (Å²) in [5, 5.41) is 29.4. The lowest BCUT2D eigenvalue weighted by atomic mass is 9.53. The van der Waals surface area contributed by atoms with Crippen molar-refractivity contribution in [1.82, 2.24) is 0 Å². The van der Waals surface area contributed by atoms with Crippen molar-refractivity contribution in [1.29, 1.82) is 15.8 Å². The molecule has 1 unspecified atom stereocenters. The Hall–Kier alpha value is -4.09. The molecule has 0 aromatic heterocycles. The molecule has 1 aliphatic rings. The van der Waals surface area contributed by atoms with Crippen molar-refractivity contribution in [3.63, 3.8) is 0 Å². The second kappa shape index (κ2) is 7.65. The number of benzene rings is 1. The smallest absolute Gasteiger partial charge is 0.320 e. The highest BCUT2D eigenvalue weighted by Gasteiger charge is 2.66. The van der Waals surface area contributed by atoms with Crippen LogP contribution in [0.5, 0.6) is 0 Å². The number of hydrogen-bond donors (Lipinski definition) is 1. The summed E-state index contributed by atoms with van der Waals surface area (Å²) in [5.74, 6) is -1.87. The van der Waals surface area contributed by atoms with Gasteiger partial charge < -0.3 is 15.2 Å². The van der Waals surface area contributed by atoms with Crippen LogP contribution in [0.1, 0.15) is 12.0 Å². The number of ether oxygens (including phenoxy) is 2. The van der Waals surface area contributed by atoms with E-state index in [4.69, 9.17) is 15.2 Å². The van der Waals surface area contributed by atoms with Crippen molar-refractivity contribution in [2.24, 2.45) is 16.6 Å². The van der Waals surface area contributed by atoms with Crippen molar-refractivity contribution in [2.45, 2.75) is 6.42 Å². The second-order valence-electron chi connectivity index (χ2n) is 5.99. The van der Waals surface area contributed by atoms with E-state index in [0.717, 1.165) is 14.2 Å². The molecule has 0 radical (unpaired) electrons. The van der Waals surface area contributed by atoms with Crippen LogP contribution in [0.2, 0.25) is 0 Å². The van der Waals surface area contributed by atoms with Gasteiger partial charge in [0.25, 0.3) is 0 Å². The van der Waals surface area contributed by atoms with Crippen molar-refractivity contribution < 1.29 is 19.1 Å². The first-order valence-electron chi connectivity index (χ1n) is 8.04. The summed E-state index contributed by atoms with van der Waals surface area (Å²) in [6.45, 7) is 0. The fourth-order valence-corrected chi connectivity index (χ4v) is 3.38. The van der Waals surface area contributed by atoms with E-state index in [-0.39, 0.29) is 11.1 Å². The van der Waals surface area contributed by atoms with Crippen LogP contribution >= 0.6 is 0 Å². The maximum Gasteiger partial charge on any atom is 0.320 e. The monoisotopic (exact) mass is 376 g/mol. The zero-order valence-corrected chi connectivity index (χ0v) is 15.2. The number of hydrogen-bond acceptors (Lipinski definition) is 8. The van der Waals surface area contributed by atoms with Gasteiger partial charge >= 0.3 is 11.9 Å². The van der Waals surface area contributed by atoms with Gasteiger partial charge in [0.2, 0.25) is 5.41 Å². The molecular formula is C20H16N4O4. The summed E-state index contributed by atoms with van der Waals surface area (Å²) in [6.07, 6.45) is 0.620. The van der Waals surface area contributed by atoms with Crippen LogP contribution in [0, 0.1) is 44.8 Å². The van der Waals surface area contributed by atoms with Gasteiger partial charge in [0, 0.05) is 0 Å². The number of nitrogens with zero attached hydrogens (tertiary/aromatic N) is 3. The minimum Gasteiger partial charge on any atom is -0.469 e. The van der Waals surface area contributed by atoms with E-state index in [1.165, 1.54) is 6.08 Å². The van der Waals surface area contributed by atoms with Gasteiger partial charge in [-0.25, -0.2) is 0 Å². The summed E-state index contributed by atoms with van der Waals surface area (Å²) in [5.41, 5.74) is 1.48. The quantitative estimate of drug-likeness (QED) is 0.778. The largest absolute Gasteiger partial charge is 0.469 e. The number of allylic oxidation sites excluding steroid dienone is 3.